The maximum absolute atomic E-state index is 9.12. The fourth-order valence-corrected chi connectivity index (χ4v) is 0.949. The highest BCUT2D eigenvalue weighted by molar-refractivity contribution is 4.88. The molecule has 2 atom stereocenters. The van der Waals surface area contributed by atoms with Crippen LogP contribution < -0.4 is 0 Å². The summed E-state index contributed by atoms with van der Waals surface area (Å²) in [5.74, 6) is -0.187. The van der Waals surface area contributed by atoms with Gasteiger partial charge in [-0.05, 0) is 19.3 Å². The van der Waals surface area contributed by atoms with Crippen LogP contribution in [0.2, 0.25) is 0 Å². The van der Waals surface area contributed by atoms with E-state index in [9.17, 15) is 0 Å². The molecule has 0 unspecified atom stereocenters. The van der Waals surface area contributed by atoms with E-state index in [1.165, 1.54) is 0 Å². The Morgan fingerprint density at radius 2 is 2.11 bits per heavy atom. The summed E-state index contributed by atoms with van der Waals surface area (Å²) in [6.07, 6.45) is 1.06. The summed E-state index contributed by atoms with van der Waals surface area (Å²) in [6, 6.07) is 0. The van der Waals surface area contributed by atoms with E-state index in [0.717, 1.165) is 6.42 Å². The Morgan fingerprint density at radius 1 is 1.67 bits per heavy atom. The van der Waals surface area contributed by atoms with E-state index in [-0.39, 0.29) is 6.10 Å². The van der Waals surface area contributed by atoms with Crippen molar-refractivity contribution in [1.82, 2.24) is 0 Å². The van der Waals surface area contributed by atoms with Crippen LogP contribution in [0, 0.1) is 5.92 Å². The van der Waals surface area contributed by atoms with Gasteiger partial charge in [0.15, 0.2) is 5.79 Å². The third-order valence-corrected chi connectivity index (χ3v) is 1.61. The number of aliphatic hydroxyl groups is 1. The van der Waals surface area contributed by atoms with Crippen LogP contribution in [0.15, 0.2) is 0 Å². The van der Waals surface area contributed by atoms with E-state index >= 15 is 0 Å². The lowest BCUT2D eigenvalue weighted by atomic mass is 10.1. The molecule has 2 heteroatoms. The van der Waals surface area contributed by atoms with Gasteiger partial charge < -0.3 is 9.84 Å². The molecular formula is C7H14O2. The second-order valence-corrected chi connectivity index (χ2v) is 3.29. The fourth-order valence-electron chi connectivity index (χ4n) is 0.949. The summed E-state index contributed by atoms with van der Waals surface area (Å²) in [4.78, 5) is 0. The van der Waals surface area contributed by atoms with E-state index in [0.29, 0.717) is 5.92 Å². The molecule has 1 heterocycles. The zero-order chi connectivity index (χ0) is 7.07. The molecule has 0 bridgehead atoms. The molecule has 9 heavy (non-hydrogen) atoms. The largest absolute Gasteiger partial charge is 0.364 e. The van der Waals surface area contributed by atoms with E-state index in [4.69, 9.17) is 9.84 Å². The van der Waals surface area contributed by atoms with Gasteiger partial charge in [-0.3, -0.25) is 0 Å². The van der Waals surface area contributed by atoms with Crippen molar-refractivity contribution in [2.75, 3.05) is 0 Å². The molecule has 1 aliphatic rings. The molecule has 54 valence electrons. The van der Waals surface area contributed by atoms with Gasteiger partial charge in [0.2, 0.25) is 0 Å². The zero-order valence-corrected chi connectivity index (χ0v) is 6.22. The van der Waals surface area contributed by atoms with Crippen molar-refractivity contribution in [3.8, 4) is 0 Å². The zero-order valence-electron chi connectivity index (χ0n) is 6.22. The van der Waals surface area contributed by atoms with Crippen molar-refractivity contribution < 1.29 is 9.84 Å². The van der Waals surface area contributed by atoms with Crippen LogP contribution in [0.1, 0.15) is 27.2 Å². The van der Waals surface area contributed by atoms with Crippen LogP contribution in [0.5, 0.6) is 0 Å². The Morgan fingerprint density at radius 3 is 2.22 bits per heavy atom. The molecule has 0 aromatic carbocycles. The Bertz CT molecular complexity index is 107. The molecule has 1 aliphatic heterocycles. The van der Waals surface area contributed by atoms with Crippen molar-refractivity contribution in [3.63, 3.8) is 0 Å². The van der Waals surface area contributed by atoms with Gasteiger partial charge in [-0.15, -0.1) is 0 Å². The first-order valence-electron chi connectivity index (χ1n) is 3.42. The minimum absolute atomic E-state index is 0.0949. The van der Waals surface area contributed by atoms with Crippen molar-refractivity contribution in [2.24, 2.45) is 5.92 Å². The highest BCUT2D eigenvalue weighted by Gasteiger charge is 2.50. The maximum Gasteiger partial charge on any atom is 0.190 e. The van der Waals surface area contributed by atoms with Gasteiger partial charge in [-0.1, -0.05) is 13.8 Å². The van der Waals surface area contributed by atoms with E-state index in [1.54, 1.807) is 6.92 Å². The summed E-state index contributed by atoms with van der Waals surface area (Å²) in [5, 5.41) is 9.12. The van der Waals surface area contributed by atoms with Gasteiger partial charge in [0.25, 0.3) is 0 Å². The molecule has 1 fully saturated rings. The molecular weight excluding hydrogens is 116 g/mol. The topological polar surface area (TPSA) is 32.8 Å². The Balaban J connectivity index is 2.20. The Labute approximate surface area is 55.8 Å². The van der Waals surface area contributed by atoms with Gasteiger partial charge in [0.05, 0.1) is 0 Å². The normalized spacial score (nSPS) is 41.7. The highest BCUT2D eigenvalue weighted by Crippen LogP contribution is 2.36. The Kier molecular flexibility index (Phi) is 1.53. The van der Waals surface area contributed by atoms with Crippen molar-refractivity contribution in [3.05, 3.63) is 0 Å². The van der Waals surface area contributed by atoms with Gasteiger partial charge in [0.1, 0.15) is 6.10 Å². The van der Waals surface area contributed by atoms with Gasteiger partial charge >= 0.3 is 0 Å². The van der Waals surface area contributed by atoms with Crippen LogP contribution in [0.3, 0.4) is 0 Å². The van der Waals surface area contributed by atoms with Crippen molar-refractivity contribution in [2.45, 2.75) is 39.1 Å². The molecule has 0 aromatic heterocycles. The lowest BCUT2D eigenvalue weighted by Crippen LogP contribution is -2.09. The molecule has 1 rings (SSSR count). The summed E-state index contributed by atoms with van der Waals surface area (Å²) in [7, 11) is 0. The molecule has 0 radical (unpaired) electrons. The van der Waals surface area contributed by atoms with Gasteiger partial charge in [0, 0.05) is 0 Å². The summed E-state index contributed by atoms with van der Waals surface area (Å²) < 4.78 is 4.97. The summed E-state index contributed by atoms with van der Waals surface area (Å²) in [6.45, 7) is 5.95. The lowest BCUT2D eigenvalue weighted by Gasteiger charge is -1.99. The molecule has 0 aliphatic carbocycles. The molecule has 1 saturated heterocycles. The third kappa shape index (κ3) is 1.66. The number of epoxide rings is 1. The lowest BCUT2D eigenvalue weighted by molar-refractivity contribution is 0.0549. The average molecular weight is 130 g/mol. The van der Waals surface area contributed by atoms with Crippen LogP contribution in [-0.4, -0.2) is 17.0 Å². The first kappa shape index (κ1) is 7.03. The van der Waals surface area contributed by atoms with Crippen LogP contribution in [0.25, 0.3) is 0 Å². The highest BCUT2D eigenvalue weighted by atomic mass is 16.7. The smallest absolute Gasteiger partial charge is 0.190 e. The maximum atomic E-state index is 9.12. The first-order chi connectivity index (χ1) is 4.02. The quantitative estimate of drug-likeness (QED) is 0.568. The van der Waals surface area contributed by atoms with E-state index in [1.807, 2.05) is 0 Å². The minimum Gasteiger partial charge on any atom is -0.364 e. The number of hydrogen-bond acceptors (Lipinski definition) is 2. The number of rotatable bonds is 2. The van der Waals surface area contributed by atoms with Crippen molar-refractivity contribution in [1.29, 1.82) is 0 Å². The molecule has 0 saturated carbocycles. The first-order valence-corrected chi connectivity index (χ1v) is 3.42. The van der Waals surface area contributed by atoms with Crippen LogP contribution >= 0.6 is 0 Å². The third-order valence-electron chi connectivity index (χ3n) is 1.61. The van der Waals surface area contributed by atoms with Crippen molar-refractivity contribution >= 4 is 0 Å². The predicted molar refractivity (Wildman–Crippen MR) is 35.0 cm³/mol. The number of ether oxygens (including phenoxy) is 1. The molecule has 1 N–H and O–H groups in total. The minimum atomic E-state index is -0.801. The molecule has 0 aromatic rings. The van der Waals surface area contributed by atoms with E-state index < -0.39 is 5.79 Å². The second kappa shape index (κ2) is 1.96. The molecule has 2 nitrogen and oxygen atoms in total. The molecule has 0 spiro atoms. The summed E-state index contributed by atoms with van der Waals surface area (Å²) >= 11 is 0. The Hall–Kier alpha value is -0.0800. The van der Waals surface area contributed by atoms with Gasteiger partial charge in [-0.2, -0.15) is 0 Å². The summed E-state index contributed by atoms with van der Waals surface area (Å²) in [5.41, 5.74) is 0. The number of hydrogen-bond donors (Lipinski definition) is 1. The SMILES string of the molecule is CC(C)C[C@@H]1O[C@@]1(C)O. The second-order valence-electron chi connectivity index (χ2n) is 3.29. The van der Waals surface area contributed by atoms with Crippen LogP contribution in [0.4, 0.5) is 0 Å². The molecule has 0 amide bonds. The monoisotopic (exact) mass is 130 g/mol. The van der Waals surface area contributed by atoms with Crippen LogP contribution in [-0.2, 0) is 4.74 Å². The fraction of sp³-hybridized carbons (Fsp3) is 1.00. The van der Waals surface area contributed by atoms with Gasteiger partial charge in [-0.25, -0.2) is 0 Å². The van der Waals surface area contributed by atoms with E-state index in [2.05, 4.69) is 13.8 Å². The standard InChI is InChI=1S/C7H14O2/c1-5(2)4-6-7(3,8)9-6/h5-6,8H,4H2,1-3H3/t6-,7+/m0/s1. The average Bonchev–Trinajstić information content (AvgIpc) is 2.10. The predicted octanol–water partition coefficient (Wildman–Crippen LogP) is 1.14.